The largest absolute Gasteiger partial charge is 0.0961 e. The number of hydrogen-bond donors (Lipinski definition) is 0. The van der Waals surface area contributed by atoms with Gasteiger partial charge in [0.15, 0.2) is 0 Å². The second kappa shape index (κ2) is 3.05. The molecule has 0 saturated heterocycles. The van der Waals surface area contributed by atoms with E-state index in [0.29, 0.717) is 5.41 Å². The van der Waals surface area contributed by atoms with Gasteiger partial charge in [-0.1, -0.05) is 44.6 Å². The van der Waals surface area contributed by atoms with E-state index in [0.717, 1.165) is 5.57 Å². The second-order valence-corrected chi connectivity index (χ2v) is 3.92. The normalized spacial score (nSPS) is 13.5. The van der Waals surface area contributed by atoms with Crippen molar-refractivity contribution in [1.82, 2.24) is 0 Å². The van der Waals surface area contributed by atoms with Gasteiger partial charge in [0.05, 0.1) is 0 Å². The Balaban J connectivity index is 4.35. The molecule has 0 aromatic rings. The molecule has 0 heterocycles. The first-order valence-corrected chi connectivity index (χ1v) is 3.68. The molecule has 0 aromatic carbocycles. The zero-order chi connectivity index (χ0) is 8.36. The third-order valence-electron chi connectivity index (χ3n) is 1.65. The third kappa shape index (κ3) is 3.49. The molecule has 0 N–H and O–H groups in total. The average Bonchev–Trinajstić information content (AvgIpc) is 1.60. The van der Waals surface area contributed by atoms with Gasteiger partial charge < -0.3 is 0 Å². The SMILES string of the molecule is C=C(C)/C=C(\C)C(C)(C)C. The topological polar surface area (TPSA) is 0 Å². The Hall–Kier alpha value is -0.520. The van der Waals surface area contributed by atoms with Gasteiger partial charge in [0, 0.05) is 0 Å². The standard InChI is InChI=1S/C10H18/c1-8(2)7-9(3)10(4,5)6/h7H,1H2,2-6H3/b9-7+. The van der Waals surface area contributed by atoms with Crippen LogP contribution in [0.25, 0.3) is 0 Å². The Morgan fingerprint density at radius 2 is 1.60 bits per heavy atom. The van der Waals surface area contributed by atoms with Gasteiger partial charge in [-0.2, -0.15) is 0 Å². The van der Waals surface area contributed by atoms with Crippen molar-refractivity contribution in [3.05, 3.63) is 23.8 Å². The molecule has 10 heavy (non-hydrogen) atoms. The van der Waals surface area contributed by atoms with Crippen LogP contribution >= 0.6 is 0 Å². The van der Waals surface area contributed by atoms with Crippen molar-refractivity contribution in [2.75, 3.05) is 0 Å². The van der Waals surface area contributed by atoms with E-state index in [1.807, 2.05) is 6.92 Å². The minimum atomic E-state index is 0.291. The van der Waals surface area contributed by atoms with Gasteiger partial charge in [0.2, 0.25) is 0 Å². The fourth-order valence-corrected chi connectivity index (χ4v) is 0.586. The Bertz CT molecular complexity index is 153. The fourth-order valence-electron chi connectivity index (χ4n) is 0.586. The molecule has 0 rings (SSSR count). The number of allylic oxidation sites excluding steroid dienone is 3. The van der Waals surface area contributed by atoms with Crippen molar-refractivity contribution in [2.45, 2.75) is 34.6 Å². The first-order valence-electron chi connectivity index (χ1n) is 3.68. The lowest BCUT2D eigenvalue weighted by atomic mass is 9.87. The van der Waals surface area contributed by atoms with E-state index >= 15 is 0 Å². The molecule has 0 spiro atoms. The Morgan fingerprint density at radius 1 is 1.20 bits per heavy atom. The molecule has 0 aliphatic heterocycles. The molecular formula is C10H18. The molecule has 0 nitrogen and oxygen atoms in total. The van der Waals surface area contributed by atoms with Crippen LogP contribution in [0.3, 0.4) is 0 Å². The van der Waals surface area contributed by atoms with E-state index in [1.165, 1.54) is 5.57 Å². The monoisotopic (exact) mass is 138 g/mol. The van der Waals surface area contributed by atoms with Gasteiger partial charge in [-0.25, -0.2) is 0 Å². The molecule has 0 aliphatic rings. The van der Waals surface area contributed by atoms with Gasteiger partial charge >= 0.3 is 0 Å². The van der Waals surface area contributed by atoms with E-state index in [9.17, 15) is 0 Å². The molecule has 0 fully saturated rings. The molecule has 0 saturated carbocycles. The minimum absolute atomic E-state index is 0.291. The van der Waals surface area contributed by atoms with E-state index in [1.54, 1.807) is 0 Å². The van der Waals surface area contributed by atoms with Crippen molar-refractivity contribution in [2.24, 2.45) is 5.41 Å². The van der Waals surface area contributed by atoms with Crippen LogP contribution in [0.1, 0.15) is 34.6 Å². The van der Waals surface area contributed by atoms with Gasteiger partial charge in [-0.15, -0.1) is 0 Å². The average molecular weight is 138 g/mol. The van der Waals surface area contributed by atoms with Crippen molar-refractivity contribution in [3.8, 4) is 0 Å². The number of rotatable bonds is 1. The summed E-state index contributed by atoms with van der Waals surface area (Å²) in [5.74, 6) is 0. The maximum atomic E-state index is 3.83. The fraction of sp³-hybridized carbons (Fsp3) is 0.600. The Morgan fingerprint density at radius 3 is 1.70 bits per heavy atom. The highest BCUT2D eigenvalue weighted by Crippen LogP contribution is 2.24. The smallest absolute Gasteiger partial charge is 0.0173 e. The lowest BCUT2D eigenvalue weighted by Crippen LogP contribution is -2.06. The summed E-state index contributed by atoms with van der Waals surface area (Å²) >= 11 is 0. The van der Waals surface area contributed by atoms with Crippen LogP contribution in [0.5, 0.6) is 0 Å². The van der Waals surface area contributed by atoms with Crippen LogP contribution in [0.4, 0.5) is 0 Å². The van der Waals surface area contributed by atoms with Crippen molar-refractivity contribution in [1.29, 1.82) is 0 Å². The van der Waals surface area contributed by atoms with Gasteiger partial charge in [-0.05, 0) is 19.3 Å². The molecule has 0 bridgehead atoms. The van der Waals surface area contributed by atoms with Crippen LogP contribution in [0.2, 0.25) is 0 Å². The summed E-state index contributed by atoms with van der Waals surface area (Å²) in [6.07, 6.45) is 2.14. The summed E-state index contributed by atoms with van der Waals surface area (Å²) in [6, 6.07) is 0. The van der Waals surface area contributed by atoms with Crippen LogP contribution in [-0.2, 0) is 0 Å². The summed E-state index contributed by atoms with van der Waals surface area (Å²) < 4.78 is 0. The highest BCUT2D eigenvalue weighted by molar-refractivity contribution is 5.20. The highest BCUT2D eigenvalue weighted by atomic mass is 14.2. The molecule has 0 amide bonds. The summed E-state index contributed by atoms with van der Waals surface area (Å²) in [5.41, 5.74) is 2.81. The first-order chi connectivity index (χ1) is 4.34. The van der Waals surface area contributed by atoms with Crippen LogP contribution in [0.15, 0.2) is 23.8 Å². The van der Waals surface area contributed by atoms with E-state index in [-0.39, 0.29) is 0 Å². The highest BCUT2D eigenvalue weighted by Gasteiger charge is 2.11. The van der Waals surface area contributed by atoms with Crippen LogP contribution in [-0.4, -0.2) is 0 Å². The molecule has 0 radical (unpaired) electrons. The first kappa shape index (κ1) is 9.48. The van der Waals surface area contributed by atoms with E-state index < -0.39 is 0 Å². The lowest BCUT2D eigenvalue weighted by molar-refractivity contribution is 0.503. The molecule has 0 unspecified atom stereocenters. The molecule has 58 valence electrons. The molecule has 0 aliphatic carbocycles. The van der Waals surface area contributed by atoms with E-state index in [2.05, 4.69) is 40.3 Å². The summed E-state index contributed by atoms with van der Waals surface area (Å²) in [6.45, 7) is 14.6. The summed E-state index contributed by atoms with van der Waals surface area (Å²) in [4.78, 5) is 0. The molecule has 0 aromatic heterocycles. The van der Waals surface area contributed by atoms with Gasteiger partial charge in [-0.3, -0.25) is 0 Å². The maximum absolute atomic E-state index is 3.83. The summed E-state index contributed by atoms with van der Waals surface area (Å²) in [5, 5.41) is 0. The molecule has 0 heteroatoms. The molecule has 0 atom stereocenters. The predicted octanol–water partition coefficient (Wildman–Crippen LogP) is 3.55. The van der Waals surface area contributed by atoms with Gasteiger partial charge in [0.25, 0.3) is 0 Å². The van der Waals surface area contributed by atoms with Crippen LogP contribution < -0.4 is 0 Å². The van der Waals surface area contributed by atoms with E-state index in [4.69, 9.17) is 0 Å². The summed E-state index contributed by atoms with van der Waals surface area (Å²) in [7, 11) is 0. The zero-order valence-electron chi connectivity index (χ0n) is 7.78. The van der Waals surface area contributed by atoms with Crippen molar-refractivity contribution < 1.29 is 0 Å². The Labute approximate surface area is 64.6 Å². The minimum Gasteiger partial charge on any atom is -0.0961 e. The quantitative estimate of drug-likeness (QED) is 0.486. The molecular weight excluding hydrogens is 120 g/mol. The van der Waals surface area contributed by atoms with Crippen molar-refractivity contribution in [3.63, 3.8) is 0 Å². The Kier molecular flexibility index (Phi) is 2.89. The second-order valence-electron chi connectivity index (χ2n) is 3.92. The number of hydrogen-bond acceptors (Lipinski definition) is 0. The predicted molar refractivity (Wildman–Crippen MR) is 48.0 cm³/mol. The van der Waals surface area contributed by atoms with Crippen molar-refractivity contribution >= 4 is 0 Å². The third-order valence-corrected chi connectivity index (χ3v) is 1.65. The lowest BCUT2D eigenvalue weighted by Gasteiger charge is -2.19. The maximum Gasteiger partial charge on any atom is -0.0173 e. The van der Waals surface area contributed by atoms with Crippen LogP contribution in [0, 0.1) is 5.41 Å². The van der Waals surface area contributed by atoms with Gasteiger partial charge in [0.1, 0.15) is 0 Å². The zero-order valence-corrected chi connectivity index (χ0v) is 7.78.